The minimum atomic E-state index is 0.223. The molecule has 1 aromatic heterocycles. The molecule has 0 saturated carbocycles. The van der Waals surface area contributed by atoms with Gasteiger partial charge in [0.25, 0.3) is 0 Å². The number of hydrogen-bond donors (Lipinski definition) is 1. The molecular weight excluding hydrogens is 422 g/mol. The van der Waals surface area contributed by atoms with E-state index in [4.69, 9.17) is 15.5 Å². The highest BCUT2D eigenvalue weighted by atomic mass is 79.9. The second kappa shape index (κ2) is 8.09. The fourth-order valence-electron chi connectivity index (χ4n) is 3.41. The predicted molar refractivity (Wildman–Crippen MR) is 117 cm³/mol. The lowest BCUT2D eigenvalue weighted by atomic mass is 10.2. The molecule has 4 nitrogen and oxygen atoms in total. The summed E-state index contributed by atoms with van der Waals surface area (Å²) in [5.41, 5.74) is 8.33. The van der Waals surface area contributed by atoms with Crippen molar-refractivity contribution in [2.75, 3.05) is 25.1 Å². The van der Waals surface area contributed by atoms with Crippen LogP contribution in [0.4, 0.5) is 5.82 Å². The first-order valence-corrected chi connectivity index (χ1v) is 10.8. The highest BCUT2D eigenvalue weighted by molar-refractivity contribution is 9.10. The van der Waals surface area contributed by atoms with E-state index in [2.05, 4.69) is 51.2 Å². The van der Waals surface area contributed by atoms with Gasteiger partial charge in [-0.05, 0) is 36.8 Å². The number of thioether (sulfide) groups is 1. The average Bonchev–Trinajstić information content (AvgIpc) is 3.12. The molecule has 1 atom stereocenters. The highest BCUT2D eigenvalue weighted by Gasteiger charge is 2.23. The maximum atomic E-state index is 6.15. The summed E-state index contributed by atoms with van der Waals surface area (Å²) in [6.07, 6.45) is 1.01. The molecule has 1 aliphatic heterocycles. The number of methoxy groups -OCH3 is 1. The molecule has 0 amide bonds. The van der Waals surface area contributed by atoms with Gasteiger partial charge in [-0.3, -0.25) is 0 Å². The fourth-order valence-corrected chi connectivity index (χ4v) is 4.87. The molecule has 1 aliphatic rings. The molecule has 6 heteroatoms. The van der Waals surface area contributed by atoms with Crippen LogP contribution in [0.25, 0.3) is 10.9 Å². The first-order chi connectivity index (χ1) is 13.1. The van der Waals surface area contributed by atoms with Gasteiger partial charge in [0.05, 0.1) is 17.5 Å². The molecule has 0 bridgehead atoms. The standard InChI is InChI=1S/C21H22BrN3OS/c1-26-19-7-6-16(22)10-15(19)13-27-20-11-14-4-2-3-5-18(14)24-21(20)25-9-8-17(23)12-25/h2-7,10-11,17H,8-9,12-13,23H2,1H3. The Morgan fingerprint density at radius 1 is 1.26 bits per heavy atom. The highest BCUT2D eigenvalue weighted by Crippen LogP contribution is 2.37. The van der Waals surface area contributed by atoms with E-state index in [1.165, 1.54) is 4.90 Å². The molecule has 0 spiro atoms. The van der Waals surface area contributed by atoms with Crippen LogP contribution in [-0.4, -0.2) is 31.2 Å². The topological polar surface area (TPSA) is 51.4 Å². The Kier molecular flexibility index (Phi) is 5.57. The second-order valence-corrected chi connectivity index (χ2v) is 8.68. The van der Waals surface area contributed by atoms with Crippen molar-refractivity contribution in [3.05, 3.63) is 58.6 Å². The number of para-hydroxylation sites is 1. The van der Waals surface area contributed by atoms with Crippen molar-refractivity contribution in [2.45, 2.75) is 23.1 Å². The molecule has 2 heterocycles. The smallest absolute Gasteiger partial charge is 0.143 e. The maximum Gasteiger partial charge on any atom is 0.143 e. The first-order valence-electron chi connectivity index (χ1n) is 8.99. The normalized spacial score (nSPS) is 16.9. The average molecular weight is 444 g/mol. The van der Waals surface area contributed by atoms with Crippen molar-refractivity contribution in [3.8, 4) is 5.75 Å². The van der Waals surface area contributed by atoms with Gasteiger partial charge in [0.1, 0.15) is 11.6 Å². The Balaban J connectivity index is 1.68. The van der Waals surface area contributed by atoms with Crippen LogP contribution in [0, 0.1) is 0 Å². The number of pyridine rings is 1. The third-order valence-electron chi connectivity index (χ3n) is 4.82. The monoisotopic (exact) mass is 443 g/mol. The third kappa shape index (κ3) is 4.08. The van der Waals surface area contributed by atoms with Crippen molar-refractivity contribution in [3.63, 3.8) is 0 Å². The van der Waals surface area contributed by atoms with E-state index in [0.717, 1.165) is 57.8 Å². The molecule has 0 radical (unpaired) electrons. The van der Waals surface area contributed by atoms with E-state index in [1.807, 2.05) is 18.2 Å². The summed E-state index contributed by atoms with van der Waals surface area (Å²) >= 11 is 5.36. The molecule has 2 N–H and O–H groups in total. The third-order valence-corrected chi connectivity index (χ3v) is 6.38. The summed E-state index contributed by atoms with van der Waals surface area (Å²) in [6, 6.07) is 16.9. The van der Waals surface area contributed by atoms with Gasteiger partial charge in [0.2, 0.25) is 0 Å². The minimum Gasteiger partial charge on any atom is -0.496 e. The lowest BCUT2D eigenvalue weighted by Crippen LogP contribution is -2.27. The Morgan fingerprint density at radius 3 is 2.89 bits per heavy atom. The molecule has 1 unspecified atom stereocenters. The van der Waals surface area contributed by atoms with Crippen LogP contribution in [0.2, 0.25) is 0 Å². The molecule has 3 aromatic rings. The number of rotatable bonds is 5. The van der Waals surface area contributed by atoms with Gasteiger partial charge in [-0.2, -0.15) is 0 Å². The maximum absolute atomic E-state index is 6.15. The number of ether oxygens (including phenoxy) is 1. The summed E-state index contributed by atoms with van der Waals surface area (Å²) in [5.74, 6) is 2.76. The molecule has 1 saturated heterocycles. The van der Waals surface area contributed by atoms with Crippen LogP contribution in [0.1, 0.15) is 12.0 Å². The lowest BCUT2D eigenvalue weighted by molar-refractivity contribution is 0.411. The zero-order valence-electron chi connectivity index (χ0n) is 15.2. The van der Waals surface area contributed by atoms with Gasteiger partial charge in [-0.15, -0.1) is 11.8 Å². The second-order valence-electron chi connectivity index (χ2n) is 6.74. The van der Waals surface area contributed by atoms with Gasteiger partial charge >= 0.3 is 0 Å². The number of anilines is 1. The van der Waals surface area contributed by atoms with Crippen molar-refractivity contribution >= 4 is 44.4 Å². The number of nitrogens with two attached hydrogens (primary N) is 1. The quantitative estimate of drug-likeness (QED) is 0.571. The number of fused-ring (bicyclic) bond motifs is 1. The fraction of sp³-hybridized carbons (Fsp3) is 0.286. The minimum absolute atomic E-state index is 0.223. The molecule has 1 fully saturated rings. The molecule has 0 aliphatic carbocycles. The summed E-state index contributed by atoms with van der Waals surface area (Å²) in [5, 5.41) is 1.16. The van der Waals surface area contributed by atoms with Gasteiger partial charge in [0.15, 0.2) is 0 Å². The number of nitrogens with zero attached hydrogens (tertiary/aromatic N) is 2. The van der Waals surface area contributed by atoms with Crippen LogP contribution in [0.5, 0.6) is 5.75 Å². The van der Waals surface area contributed by atoms with Gasteiger partial charge in [-0.25, -0.2) is 4.98 Å². The van der Waals surface area contributed by atoms with E-state index in [0.29, 0.717) is 0 Å². The first kappa shape index (κ1) is 18.6. The van der Waals surface area contributed by atoms with Gasteiger partial charge in [0, 0.05) is 40.3 Å². The molecule has 27 heavy (non-hydrogen) atoms. The summed E-state index contributed by atoms with van der Waals surface area (Å²) in [4.78, 5) is 8.48. The van der Waals surface area contributed by atoms with E-state index < -0.39 is 0 Å². The van der Waals surface area contributed by atoms with Crippen molar-refractivity contribution in [2.24, 2.45) is 5.73 Å². The van der Waals surface area contributed by atoms with Crippen LogP contribution < -0.4 is 15.4 Å². The molecular formula is C21H22BrN3OS. The SMILES string of the molecule is COc1ccc(Br)cc1CSc1cc2ccccc2nc1N1CCC(N)C1. The number of halogens is 1. The van der Waals surface area contributed by atoms with Gasteiger partial charge in [-0.1, -0.05) is 34.1 Å². The van der Waals surface area contributed by atoms with Crippen molar-refractivity contribution in [1.82, 2.24) is 4.98 Å². The van der Waals surface area contributed by atoms with Crippen LogP contribution in [0.3, 0.4) is 0 Å². The number of hydrogen-bond acceptors (Lipinski definition) is 5. The van der Waals surface area contributed by atoms with E-state index >= 15 is 0 Å². The van der Waals surface area contributed by atoms with E-state index in [1.54, 1.807) is 18.9 Å². The summed E-state index contributed by atoms with van der Waals surface area (Å²) < 4.78 is 6.58. The van der Waals surface area contributed by atoms with Crippen LogP contribution >= 0.6 is 27.7 Å². The summed E-state index contributed by atoms with van der Waals surface area (Å²) in [6.45, 7) is 1.82. The zero-order chi connectivity index (χ0) is 18.8. The Labute approximate surface area is 172 Å². The van der Waals surface area contributed by atoms with E-state index in [9.17, 15) is 0 Å². The van der Waals surface area contributed by atoms with Crippen LogP contribution in [0.15, 0.2) is 57.9 Å². The molecule has 2 aromatic carbocycles. The molecule has 140 valence electrons. The number of benzene rings is 2. The number of aromatic nitrogens is 1. The Hall–Kier alpha value is -1.76. The summed E-state index contributed by atoms with van der Waals surface area (Å²) in [7, 11) is 1.71. The van der Waals surface area contributed by atoms with Gasteiger partial charge < -0.3 is 15.4 Å². The largest absolute Gasteiger partial charge is 0.496 e. The van der Waals surface area contributed by atoms with Crippen molar-refractivity contribution < 1.29 is 4.74 Å². The zero-order valence-corrected chi connectivity index (χ0v) is 17.6. The lowest BCUT2D eigenvalue weighted by Gasteiger charge is -2.21. The Bertz CT molecular complexity index is 965. The molecule has 4 rings (SSSR count). The van der Waals surface area contributed by atoms with E-state index in [-0.39, 0.29) is 6.04 Å². The Morgan fingerprint density at radius 2 is 2.11 bits per heavy atom. The van der Waals surface area contributed by atoms with Crippen molar-refractivity contribution in [1.29, 1.82) is 0 Å². The predicted octanol–water partition coefficient (Wildman–Crippen LogP) is 4.84. The van der Waals surface area contributed by atoms with Crippen LogP contribution in [-0.2, 0) is 5.75 Å².